The Morgan fingerprint density at radius 2 is 1.63 bits per heavy atom. The van der Waals surface area contributed by atoms with Crippen LogP contribution >= 0.6 is 0 Å². The predicted octanol–water partition coefficient (Wildman–Crippen LogP) is 4.67. The molecule has 1 aliphatic heterocycles. The molecule has 8 nitrogen and oxygen atoms in total. The van der Waals surface area contributed by atoms with Gasteiger partial charge in [0.1, 0.15) is 18.3 Å². The molecule has 0 aromatic rings. The van der Waals surface area contributed by atoms with Gasteiger partial charge in [-0.25, -0.2) is 0 Å². The Balaban J connectivity index is 1.32. The number of fused-ring (bicyclic) bond motifs is 7. The molecule has 43 heavy (non-hydrogen) atoms. The molecule has 0 spiro atoms. The molecular formula is C35H56O8. The van der Waals surface area contributed by atoms with Crippen molar-refractivity contribution in [2.75, 3.05) is 13.2 Å². The number of ether oxygens (including phenoxy) is 2. The van der Waals surface area contributed by atoms with Gasteiger partial charge in [0.05, 0.1) is 24.7 Å². The Kier molecular flexibility index (Phi) is 7.60. The van der Waals surface area contributed by atoms with E-state index in [1.165, 1.54) is 5.57 Å². The van der Waals surface area contributed by atoms with Crippen molar-refractivity contribution in [2.45, 2.75) is 136 Å². The van der Waals surface area contributed by atoms with E-state index in [1.54, 1.807) is 0 Å². The third-order valence-electron chi connectivity index (χ3n) is 14.9. The van der Waals surface area contributed by atoms with Gasteiger partial charge in [0.2, 0.25) is 0 Å². The van der Waals surface area contributed by atoms with E-state index in [-0.39, 0.29) is 52.8 Å². The van der Waals surface area contributed by atoms with Crippen molar-refractivity contribution in [2.24, 2.45) is 50.2 Å². The molecule has 4 saturated carbocycles. The van der Waals surface area contributed by atoms with E-state index in [2.05, 4.69) is 47.6 Å². The number of carbonyl (C=O) groups is 1. The number of aliphatic carboxylic acids is 1. The average molecular weight is 605 g/mol. The van der Waals surface area contributed by atoms with Gasteiger partial charge in [0.15, 0.2) is 6.29 Å². The van der Waals surface area contributed by atoms with Crippen LogP contribution in [0.15, 0.2) is 11.6 Å². The summed E-state index contributed by atoms with van der Waals surface area (Å²) in [7, 11) is 0. The van der Waals surface area contributed by atoms with Crippen LogP contribution in [0.25, 0.3) is 0 Å². The van der Waals surface area contributed by atoms with Crippen LogP contribution in [-0.4, -0.2) is 75.4 Å². The molecule has 0 aromatic carbocycles. The Bertz CT molecular complexity index is 1150. The highest BCUT2D eigenvalue weighted by Crippen LogP contribution is 2.76. The maximum atomic E-state index is 12.9. The lowest BCUT2D eigenvalue weighted by Crippen LogP contribution is -2.66. The second kappa shape index (κ2) is 10.2. The highest BCUT2D eigenvalue weighted by Gasteiger charge is 2.70. The number of aliphatic hydroxyl groups is 4. The van der Waals surface area contributed by atoms with E-state index in [0.717, 1.165) is 57.8 Å². The molecule has 6 unspecified atom stereocenters. The van der Waals surface area contributed by atoms with Crippen LogP contribution in [0.3, 0.4) is 0 Å². The molecule has 13 atom stereocenters. The molecule has 5 aliphatic carbocycles. The first kappa shape index (κ1) is 31.9. The fraction of sp³-hybridized carbons (Fsp3) is 0.914. The van der Waals surface area contributed by atoms with E-state index in [4.69, 9.17) is 9.47 Å². The SMILES string of the molecule is CC1(C)CCC2(C(=O)O)CCC3(C)C(=CCC4C3(C)CCC3[C@]4(C)CC[C@H](O[C@@H]4OC[C@H](O)[C@H](O)[C@H]4O)[C@@]3(C)CO)C2C1. The maximum Gasteiger partial charge on any atom is 0.310 e. The standard InChI is InChI=1S/C35H56O8/c1-30(2)13-15-35(29(40)41)16-14-33(5)20(21(35)17-30)7-8-24-31(3)11-10-25(43-28-27(39)26(38)22(37)18-42-28)32(4,19-36)23(31)9-12-34(24,33)6/h7,21-28,36-39H,8-19H2,1-6H3,(H,40,41)/t21?,22-,23?,24?,25-,26-,27+,28-,31-,32-,33?,34?,35?/m0/s1. The third kappa shape index (κ3) is 4.32. The first-order chi connectivity index (χ1) is 20.0. The van der Waals surface area contributed by atoms with Crippen molar-refractivity contribution in [1.82, 2.24) is 0 Å². The smallest absolute Gasteiger partial charge is 0.310 e. The summed E-state index contributed by atoms with van der Waals surface area (Å²) in [6, 6.07) is 0. The topological polar surface area (TPSA) is 137 Å². The quantitative estimate of drug-likeness (QED) is 0.231. The van der Waals surface area contributed by atoms with Crippen molar-refractivity contribution in [1.29, 1.82) is 0 Å². The van der Waals surface area contributed by atoms with Gasteiger partial charge in [-0.05, 0) is 104 Å². The van der Waals surface area contributed by atoms with Gasteiger partial charge in [-0.2, -0.15) is 0 Å². The fourth-order valence-corrected chi connectivity index (χ4v) is 11.9. The molecule has 1 saturated heterocycles. The molecular weight excluding hydrogens is 548 g/mol. The van der Waals surface area contributed by atoms with Crippen LogP contribution in [0, 0.1) is 50.2 Å². The van der Waals surface area contributed by atoms with Gasteiger partial charge >= 0.3 is 5.97 Å². The van der Waals surface area contributed by atoms with Crippen molar-refractivity contribution < 1.29 is 39.8 Å². The second-order valence-corrected chi connectivity index (χ2v) is 17.3. The van der Waals surface area contributed by atoms with Crippen LogP contribution in [0.1, 0.15) is 106 Å². The first-order valence-corrected chi connectivity index (χ1v) is 16.9. The molecule has 1 heterocycles. The highest BCUT2D eigenvalue weighted by molar-refractivity contribution is 5.76. The summed E-state index contributed by atoms with van der Waals surface area (Å²) in [4.78, 5) is 12.9. The molecule has 0 aromatic heterocycles. The second-order valence-electron chi connectivity index (χ2n) is 17.3. The molecule has 244 valence electrons. The normalized spacial score (nSPS) is 54.3. The summed E-state index contributed by atoms with van der Waals surface area (Å²) < 4.78 is 12.0. The average Bonchev–Trinajstić information content (AvgIpc) is 2.94. The number of hydrogen-bond donors (Lipinski definition) is 5. The molecule has 0 amide bonds. The van der Waals surface area contributed by atoms with Crippen molar-refractivity contribution in [3.05, 3.63) is 11.6 Å². The number of aliphatic hydroxyl groups excluding tert-OH is 4. The number of hydrogen-bond acceptors (Lipinski definition) is 7. The zero-order valence-electron chi connectivity index (χ0n) is 27.1. The number of carboxylic acid groups (broad SMARTS) is 1. The zero-order valence-corrected chi connectivity index (χ0v) is 27.1. The van der Waals surface area contributed by atoms with E-state index in [0.29, 0.717) is 12.3 Å². The Morgan fingerprint density at radius 3 is 2.30 bits per heavy atom. The van der Waals surface area contributed by atoms with E-state index in [9.17, 15) is 30.3 Å². The molecule has 0 bridgehead atoms. The van der Waals surface area contributed by atoms with Gasteiger partial charge in [-0.15, -0.1) is 0 Å². The van der Waals surface area contributed by atoms with Gasteiger partial charge < -0.3 is 35.0 Å². The summed E-state index contributed by atoms with van der Waals surface area (Å²) in [6.45, 7) is 13.9. The summed E-state index contributed by atoms with van der Waals surface area (Å²) in [5.41, 5.74) is 0.232. The van der Waals surface area contributed by atoms with Crippen molar-refractivity contribution in [3.8, 4) is 0 Å². The van der Waals surface area contributed by atoms with Crippen LogP contribution < -0.4 is 0 Å². The molecule has 8 heteroatoms. The highest BCUT2D eigenvalue weighted by atomic mass is 16.7. The third-order valence-corrected chi connectivity index (χ3v) is 14.9. The summed E-state index contributed by atoms with van der Waals surface area (Å²) >= 11 is 0. The summed E-state index contributed by atoms with van der Waals surface area (Å²) in [5.74, 6) is 0.0529. The summed E-state index contributed by atoms with van der Waals surface area (Å²) in [6.07, 6.45) is 6.03. The van der Waals surface area contributed by atoms with Crippen LogP contribution in [0.2, 0.25) is 0 Å². The molecule has 5 N–H and O–H groups in total. The van der Waals surface area contributed by atoms with Gasteiger partial charge in [-0.1, -0.05) is 53.2 Å². The van der Waals surface area contributed by atoms with Gasteiger partial charge in [-0.3, -0.25) is 4.79 Å². The van der Waals surface area contributed by atoms with Gasteiger partial charge in [0.25, 0.3) is 0 Å². The zero-order chi connectivity index (χ0) is 31.4. The number of allylic oxidation sites excluding steroid dienone is 2. The number of carboxylic acids is 1. The van der Waals surface area contributed by atoms with E-state index in [1.807, 2.05) is 0 Å². The Hall–Kier alpha value is -1.03. The lowest BCUT2D eigenvalue weighted by atomic mass is 9.33. The first-order valence-electron chi connectivity index (χ1n) is 16.9. The molecule has 0 radical (unpaired) electrons. The summed E-state index contributed by atoms with van der Waals surface area (Å²) in [5, 5.41) is 52.3. The lowest BCUT2D eigenvalue weighted by Gasteiger charge is -2.71. The monoisotopic (exact) mass is 604 g/mol. The maximum absolute atomic E-state index is 12.9. The Morgan fingerprint density at radius 1 is 0.930 bits per heavy atom. The van der Waals surface area contributed by atoms with Gasteiger partial charge in [0, 0.05) is 5.41 Å². The fourth-order valence-electron chi connectivity index (χ4n) is 11.9. The predicted molar refractivity (Wildman–Crippen MR) is 161 cm³/mol. The molecule has 5 fully saturated rings. The van der Waals surface area contributed by atoms with Crippen molar-refractivity contribution >= 4 is 5.97 Å². The molecule has 6 aliphatic rings. The van der Waals surface area contributed by atoms with Crippen LogP contribution in [0.5, 0.6) is 0 Å². The number of rotatable bonds is 4. The Labute approximate surface area is 257 Å². The lowest BCUT2D eigenvalue weighted by molar-refractivity contribution is -0.312. The van der Waals surface area contributed by atoms with E-state index >= 15 is 0 Å². The largest absolute Gasteiger partial charge is 0.481 e. The minimum Gasteiger partial charge on any atom is -0.481 e. The van der Waals surface area contributed by atoms with Crippen LogP contribution in [0.4, 0.5) is 0 Å². The minimum absolute atomic E-state index is 0.0154. The minimum atomic E-state index is -1.36. The molecule has 6 rings (SSSR count). The van der Waals surface area contributed by atoms with Crippen LogP contribution in [-0.2, 0) is 14.3 Å². The van der Waals surface area contributed by atoms with E-state index < -0.39 is 41.4 Å². The van der Waals surface area contributed by atoms with Crippen molar-refractivity contribution in [3.63, 3.8) is 0 Å².